The highest BCUT2D eigenvalue weighted by atomic mass is 16.6. The number of nitrogens with zero attached hydrogens (tertiary/aromatic N) is 2. The van der Waals surface area contributed by atoms with Crippen LogP contribution in [-0.4, -0.2) is 42.8 Å². The minimum atomic E-state index is -0.611. The summed E-state index contributed by atoms with van der Waals surface area (Å²) >= 11 is 0. The fraction of sp³-hybridized carbons (Fsp3) is 0.192. The van der Waals surface area contributed by atoms with E-state index in [-0.39, 0.29) is 17.2 Å². The number of amides is 1. The minimum absolute atomic E-state index is 0.0247. The molecule has 11 nitrogen and oxygen atoms in total. The Hall–Kier alpha value is -4.93. The molecule has 0 atom stereocenters. The Bertz CT molecular complexity index is 1280. The standard InChI is InChI=1S/C26H25N3O8/c1-3-34-20-12-10-19(11-13-20)26(31)37-23-14-9-18(15-24(23)35-4-2)16-27-28-25(30)17-36-22-8-6-5-7-21(22)29(32)33/h5-16H,3-4,17H2,1-2H3,(H,28,30)/b27-16+. The maximum atomic E-state index is 12.6. The Balaban J connectivity index is 1.60. The Kier molecular flexibility index (Phi) is 9.54. The molecule has 192 valence electrons. The zero-order chi connectivity index (χ0) is 26.6. The van der Waals surface area contributed by atoms with E-state index in [1.807, 2.05) is 6.92 Å². The second kappa shape index (κ2) is 13.2. The van der Waals surface area contributed by atoms with Gasteiger partial charge in [-0.25, -0.2) is 10.2 Å². The number of hydrogen-bond donors (Lipinski definition) is 1. The van der Waals surface area contributed by atoms with Gasteiger partial charge < -0.3 is 18.9 Å². The third-order valence-corrected chi connectivity index (χ3v) is 4.69. The molecule has 1 amide bonds. The van der Waals surface area contributed by atoms with E-state index in [4.69, 9.17) is 18.9 Å². The molecule has 37 heavy (non-hydrogen) atoms. The van der Waals surface area contributed by atoms with E-state index in [1.54, 1.807) is 55.5 Å². The zero-order valence-corrected chi connectivity index (χ0v) is 20.2. The van der Waals surface area contributed by atoms with Crippen LogP contribution < -0.4 is 24.4 Å². The van der Waals surface area contributed by atoms with Crippen molar-refractivity contribution in [2.24, 2.45) is 5.10 Å². The fourth-order valence-electron chi connectivity index (χ4n) is 3.05. The molecule has 0 aliphatic carbocycles. The molecule has 0 aromatic heterocycles. The van der Waals surface area contributed by atoms with E-state index in [1.165, 1.54) is 24.4 Å². The Morgan fingerprint density at radius 3 is 2.35 bits per heavy atom. The molecule has 3 aromatic rings. The van der Waals surface area contributed by atoms with Gasteiger partial charge in [0.2, 0.25) is 0 Å². The van der Waals surface area contributed by atoms with Crippen molar-refractivity contribution in [2.75, 3.05) is 19.8 Å². The lowest BCUT2D eigenvalue weighted by atomic mass is 10.2. The molecule has 0 bridgehead atoms. The van der Waals surface area contributed by atoms with Crippen molar-refractivity contribution in [2.45, 2.75) is 13.8 Å². The van der Waals surface area contributed by atoms with Crippen molar-refractivity contribution >= 4 is 23.8 Å². The lowest BCUT2D eigenvalue weighted by Gasteiger charge is -2.11. The summed E-state index contributed by atoms with van der Waals surface area (Å²) in [5.74, 6) is -0.00526. The lowest BCUT2D eigenvalue weighted by molar-refractivity contribution is -0.385. The minimum Gasteiger partial charge on any atom is -0.494 e. The van der Waals surface area contributed by atoms with Crippen LogP contribution in [0.25, 0.3) is 0 Å². The van der Waals surface area contributed by atoms with Crippen LogP contribution in [0.2, 0.25) is 0 Å². The summed E-state index contributed by atoms with van der Waals surface area (Å²) in [5.41, 5.74) is 2.95. The van der Waals surface area contributed by atoms with Gasteiger partial charge in [0.1, 0.15) is 5.75 Å². The van der Waals surface area contributed by atoms with Crippen molar-refractivity contribution in [1.29, 1.82) is 0 Å². The molecule has 3 rings (SSSR count). The van der Waals surface area contributed by atoms with Gasteiger partial charge in [-0.05, 0) is 67.9 Å². The van der Waals surface area contributed by atoms with Gasteiger partial charge >= 0.3 is 11.7 Å². The predicted octanol–water partition coefficient (Wildman–Crippen LogP) is 4.14. The summed E-state index contributed by atoms with van der Waals surface area (Å²) in [6, 6.07) is 17.1. The molecule has 0 saturated carbocycles. The van der Waals surface area contributed by atoms with Crippen molar-refractivity contribution in [3.05, 3.63) is 88.0 Å². The second-order valence-electron chi connectivity index (χ2n) is 7.29. The van der Waals surface area contributed by atoms with E-state index >= 15 is 0 Å². The molecule has 3 aromatic carbocycles. The van der Waals surface area contributed by atoms with E-state index in [2.05, 4.69) is 10.5 Å². The first-order chi connectivity index (χ1) is 17.9. The summed E-state index contributed by atoms with van der Waals surface area (Å²) in [4.78, 5) is 35.0. The van der Waals surface area contributed by atoms with Crippen molar-refractivity contribution in [3.8, 4) is 23.0 Å². The van der Waals surface area contributed by atoms with Gasteiger partial charge in [-0.15, -0.1) is 0 Å². The first-order valence-electron chi connectivity index (χ1n) is 11.3. The number of nitro benzene ring substituents is 1. The SMILES string of the molecule is CCOc1ccc(C(=O)Oc2ccc(/C=N/NC(=O)COc3ccccc3[N+](=O)[O-])cc2OCC)cc1. The number of esters is 1. The van der Waals surface area contributed by atoms with Gasteiger partial charge in [0.25, 0.3) is 5.91 Å². The van der Waals surface area contributed by atoms with Crippen LogP contribution in [0.4, 0.5) is 5.69 Å². The first kappa shape index (κ1) is 26.7. The van der Waals surface area contributed by atoms with Gasteiger partial charge in [-0.2, -0.15) is 5.10 Å². The number of nitrogens with one attached hydrogen (secondary N) is 1. The molecule has 0 radical (unpaired) electrons. The number of hydrazone groups is 1. The zero-order valence-electron chi connectivity index (χ0n) is 20.2. The number of hydrogen-bond acceptors (Lipinski definition) is 9. The molecule has 0 spiro atoms. The number of rotatable bonds is 12. The molecule has 0 aliphatic heterocycles. The van der Waals surface area contributed by atoms with E-state index < -0.39 is 23.4 Å². The third kappa shape index (κ3) is 7.79. The van der Waals surface area contributed by atoms with E-state index in [9.17, 15) is 19.7 Å². The summed E-state index contributed by atoms with van der Waals surface area (Å²) in [7, 11) is 0. The van der Waals surface area contributed by atoms with Crippen LogP contribution in [0.1, 0.15) is 29.8 Å². The largest absolute Gasteiger partial charge is 0.494 e. The van der Waals surface area contributed by atoms with Crippen molar-refractivity contribution < 1.29 is 33.5 Å². The average Bonchev–Trinajstić information content (AvgIpc) is 2.89. The molecular formula is C26H25N3O8. The Morgan fingerprint density at radius 1 is 0.919 bits per heavy atom. The molecule has 0 aliphatic rings. The average molecular weight is 507 g/mol. The highest BCUT2D eigenvalue weighted by Crippen LogP contribution is 2.29. The Labute approximate surface area is 212 Å². The number of nitro groups is 1. The maximum absolute atomic E-state index is 12.6. The monoisotopic (exact) mass is 507 g/mol. The summed E-state index contributed by atoms with van der Waals surface area (Å²) in [6.07, 6.45) is 1.36. The Morgan fingerprint density at radius 2 is 1.65 bits per heavy atom. The summed E-state index contributed by atoms with van der Waals surface area (Å²) in [6.45, 7) is 4.04. The van der Waals surface area contributed by atoms with Gasteiger partial charge in [0.05, 0.1) is 29.9 Å². The van der Waals surface area contributed by atoms with Crippen LogP contribution in [0.15, 0.2) is 71.8 Å². The predicted molar refractivity (Wildman–Crippen MR) is 135 cm³/mol. The molecule has 0 heterocycles. The second-order valence-corrected chi connectivity index (χ2v) is 7.29. The van der Waals surface area contributed by atoms with Crippen LogP contribution in [0.3, 0.4) is 0 Å². The number of para-hydroxylation sites is 2. The lowest BCUT2D eigenvalue weighted by Crippen LogP contribution is -2.24. The van der Waals surface area contributed by atoms with Gasteiger partial charge in [-0.3, -0.25) is 14.9 Å². The van der Waals surface area contributed by atoms with Crippen molar-refractivity contribution in [3.63, 3.8) is 0 Å². The van der Waals surface area contributed by atoms with Gasteiger partial charge in [-0.1, -0.05) is 12.1 Å². The summed E-state index contributed by atoms with van der Waals surface area (Å²) in [5, 5.41) is 14.9. The van der Waals surface area contributed by atoms with Crippen LogP contribution >= 0.6 is 0 Å². The van der Waals surface area contributed by atoms with Crippen LogP contribution in [0, 0.1) is 10.1 Å². The van der Waals surface area contributed by atoms with Crippen molar-refractivity contribution in [1.82, 2.24) is 5.43 Å². The highest BCUT2D eigenvalue weighted by molar-refractivity contribution is 5.92. The van der Waals surface area contributed by atoms with Gasteiger partial charge in [0.15, 0.2) is 23.9 Å². The summed E-state index contributed by atoms with van der Waals surface area (Å²) < 4.78 is 21.7. The maximum Gasteiger partial charge on any atom is 0.343 e. The number of carbonyl (C=O) groups excluding carboxylic acids is 2. The first-order valence-corrected chi connectivity index (χ1v) is 11.3. The quantitative estimate of drug-likeness (QED) is 0.127. The molecule has 0 unspecified atom stereocenters. The molecule has 0 fully saturated rings. The highest BCUT2D eigenvalue weighted by Gasteiger charge is 2.15. The van der Waals surface area contributed by atoms with Crippen LogP contribution in [0.5, 0.6) is 23.0 Å². The number of ether oxygens (including phenoxy) is 4. The smallest absolute Gasteiger partial charge is 0.343 e. The molecule has 0 saturated heterocycles. The van der Waals surface area contributed by atoms with Crippen LogP contribution in [-0.2, 0) is 4.79 Å². The third-order valence-electron chi connectivity index (χ3n) is 4.69. The molecule has 1 N–H and O–H groups in total. The van der Waals surface area contributed by atoms with E-state index in [0.717, 1.165) is 0 Å². The van der Waals surface area contributed by atoms with E-state index in [0.29, 0.717) is 35.8 Å². The molecular weight excluding hydrogens is 482 g/mol. The molecule has 11 heteroatoms. The fourth-order valence-corrected chi connectivity index (χ4v) is 3.05. The van der Waals surface area contributed by atoms with Gasteiger partial charge in [0, 0.05) is 6.07 Å². The topological polar surface area (TPSA) is 139 Å². The normalized spacial score (nSPS) is 10.5. The number of carbonyl (C=O) groups is 2. The number of benzene rings is 3.